The van der Waals surface area contributed by atoms with E-state index in [1.165, 1.54) is 0 Å². The van der Waals surface area contributed by atoms with Crippen molar-refractivity contribution >= 4 is 28.2 Å². The van der Waals surface area contributed by atoms with E-state index in [4.69, 9.17) is 0 Å². The third-order valence-corrected chi connectivity index (χ3v) is 3.84. The molecule has 110 valence electrons. The van der Waals surface area contributed by atoms with Gasteiger partial charge in [0.25, 0.3) is 0 Å². The number of hydrogen-bond acceptors (Lipinski definition) is 7. The van der Waals surface area contributed by atoms with Crippen molar-refractivity contribution in [2.24, 2.45) is 7.05 Å². The largest absolute Gasteiger partial charge is 0.372 e. The molecule has 0 atom stereocenters. The quantitative estimate of drug-likeness (QED) is 0.770. The SMILES string of the molecule is CNc1nc(CN(C)Cc2cscn2)nc2c1cnn2C. The summed E-state index contributed by atoms with van der Waals surface area (Å²) >= 11 is 1.61. The molecule has 0 spiro atoms. The Hall–Kier alpha value is -2.06. The van der Waals surface area contributed by atoms with Crippen LogP contribution < -0.4 is 5.32 Å². The normalized spacial score (nSPS) is 11.4. The number of hydrogen-bond donors (Lipinski definition) is 1. The maximum atomic E-state index is 4.60. The van der Waals surface area contributed by atoms with Crippen molar-refractivity contribution in [3.63, 3.8) is 0 Å². The Morgan fingerprint density at radius 3 is 2.90 bits per heavy atom. The summed E-state index contributed by atoms with van der Waals surface area (Å²) in [6.07, 6.45) is 1.78. The molecular formula is C13H17N7S. The number of nitrogens with zero attached hydrogens (tertiary/aromatic N) is 6. The molecule has 0 aliphatic rings. The van der Waals surface area contributed by atoms with Crippen LogP contribution in [0.3, 0.4) is 0 Å². The molecule has 0 radical (unpaired) electrons. The summed E-state index contributed by atoms with van der Waals surface area (Å²) in [6.45, 7) is 1.44. The Morgan fingerprint density at radius 2 is 2.19 bits per heavy atom. The summed E-state index contributed by atoms with van der Waals surface area (Å²) in [5, 5.41) is 10.3. The number of fused-ring (bicyclic) bond motifs is 1. The van der Waals surface area contributed by atoms with E-state index >= 15 is 0 Å². The minimum Gasteiger partial charge on any atom is -0.372 e. The first-order chi connectivity index (χ1) is 10.2. The van der Waals surface area contributed by atoms with Crippen LogP contribution in [0.4, 0.5) is 5.82 Å². The molecule has 0 unspecified atom stereocenters. The number of thiazole rings is 1. The summed E-state index contributed by atoms with van der Waals surface area (Å²) in [5.74, 6) is 1.58. The van der Waals surface area contributed by atoms with E-state index in [-0.39, 0.29) is 0 Å². The Kier molecular flexibility index (Phi) is 3.80. The highest BCUT2D eigenvalue weighted by Gasteiger charge is 2.12. The zero-order chi connectivity index (χ0) is 14.8. The number of aryl methyl sites for hydroxylation is 1. The van der Waals surface area contributed by atoms with Crippen LogP contribution in [-0.2, 0) is 20.1 Å². The van der Waals surface area contributed by atoms with E-state index in [1.54, 1.807) is 22.2 Å². The number of anilines is 1. The molecule has 0 aliphatic heterocycles. The van der Waals surface area contributed by atoms with Crippen molar-refractivity contribution in [1.82, 2.24) is 29.6 Å². The molecule has 3 rings (SSSR count). The van der Waals surface area contributed by atoms with Crippen molar-refractivity contribution in [2.45, 2.75) is 13.1 Å². The van der Waals surface area contributed by atoms with Gasteiger partial charge in [0, 0.05) is 26.0 Å². The van der Waals surface area contributed by atoms with Gasteiger partial charge in [-0.05, 0) is 7.05 Å². The molecule has 0 saturated heterocycles. The molecule has 0 amide bonds. The van der Waals surface area contributed by atoms with Crippen molar-refractivity contribution < 1.29 is 0 Å². The lowest BCUT2D eigenvalue weighted by Crippen LogP contribution is -2.19. The Bertz CT molecular complexity index is 734. The van der Waals surface area contributed by atoms with Crippen molar-refractivity contribution in [3.05, 3.63) is 28.6 Å². The maximum absolute atomic E-state index is 4.60. The Morgan fingerprint density at radius 1 is 1.33 bits per heavy atom. The lowest BCUT2D eigenvalue weighted by molar-refractivity contribution is 0.308. The predicted molar refractivity (Wildman–Crippen MR) is 83.1 cm³/mol. The van der Waals surface area contributed by atoms with Gasteiger partial charge in [-0.2, -0.15) is 5.10 Å². The molecule has 0 aromatic carbocycles. The maximum Gasteiger partial charge on any atom is 0.163 e. The zero-order valence-electron chi connectivity index (χ0n) is 12.2. The van der Waals surface area contributed by atoms with E-state index < -0.39 is 0 Å². The monoisotopic (exact) mass is 303 g/mol. The van der Waals surface area contributed by atoms with Gasteiger partial charge in [0.15, 0.2) is 5.65 Å². The second-order valence-corrected chi connectivity index (χ2v) is 5.61. The molecule has 0 aliphatic carbocycles. The minimum absolute atomic E-state index is 0.660. The van der Waals surface area contributed by atoms with E-state index in [1.807, 2.05) is 26.7 Å². The first-order valence-corrected chi connectivity index (χ1v) is 7.53. The van der Waals surface area contributed by atoms with Crippen LogP contribution in [0.25, 0.3) is 11.0 Å². The van der Waals surface area contributed by atoms with Gasteiger partial charge >= 0.3 is 0 Å². The van der Waals surface area contributed by atoms with E-state index in [0.717, 1.165) is 34.9 Å². The molecule has 3 aromatic rings. The molecule has 1 N–H and O–H groups in total. The molecule has 21 heavy (non-hydrogen) atoms. The number of rotatable bonds is 5. The highest BCUT2D eigenvalue weighted by atomic mass is 32.1. The minimum atomic E-state index is 0.660. The molecular weight excluding hydrogens is 286 g/mol. The topological polar surface area (TPSA) is 71.8 Å². The van der Waals surface area contributed by atoms with E-state index in [9.17, 15) is 0 Å². The smallest absolute Gasteiger partial charge is 0.163 e. The van der Waals surface area contributed by atoms with Gasteiger partial charge in [-0.1, -0.05) is 0 Å². The fourth-order valence-corrected chi connectivity index (χ4v) is 2.77. The lowest BCUT2D eigenvalue weighted by Gasteiger charge is -2.15. The molecule has 8 heteroatoms. The van der Waals surface area contributed by atoms with Gasteiger partial charge in [0.05, 0.1) is 29.3 Å². The number of aromatic nitrogens is 5. The van der Waals surface area contributed by atoms with Gasteiger partial charge in [-0.25, -0.2) is 15.0 Å². The standard InChI is InChI=1S/C13H17N7S/c1-14-12-10-4-16-20(3)13(10)18-11(17-12)6-19(2)5-9-7-21-8-15-9/h4,7-8H,5-6H2,1-3H3,(H,14,17,18). The molecule has 0 bridgehead atoms. The zero-order valence-corrected chi connectivity index (χ0v) is 13.1. The average molecular weight is 303 g/mol. The molecule has 0 fully saturated rings. The van der Waals surface area contributed by atoms with Crippen LogP contribution in [-0.4, -0.2) is 43.7 Å². The van der Waals surface area contributed by atoms with Crippen LogP contribution >= 0.6 is 11.3 Å². The first kappa shape index (κ1) is 13.9. The van der Waals surface area contributed by atoms with Crippen LogP contribution in [0.5, 0.6) is 0 Å². The lowest BCUT2D eigenvalue weighted by atomic mass is 10.3. The predicted octanol–water partition coefficient (Wildman–Crippen LogP) is 1.49. The van der Waals surface area contributed by atoms with Gasteiger partial charge in [-0.15, -0.1) is 11.3 Å². The third-order valence-electron chi connectivity index (χ3n) is 3.20. The Labute approximate surface area is 126 Å². The first-order valence-electron chi connectivity index (χ1n) is 6.59. The van der Waals surface area contributed by atoms with Crippen molar-refractivity contribution in [2.75, 3.05) is 19.4 Å². The molecule has 3 aromatic heterocycles. The summed E-state index contributed by atoms with van der Waals surface area (Å²) in [4.78, 5) is 15.6. The van der Waals surface area contributed by atoms with Crippen LogP contribution in [0.1, 0.15) is 11.5 Å². The fraction of sp³-hybridized carbons (Fsp3) is 0.385. The van der Waals surface area contributed by atoms with Crippen LogP contribution in [0.2, 0.25) is 0 Å². The number of nitrogens with one attached hydrogen (secondary N) is 1. The summed E-state index contributed by atoms with van der Waals surface area (Å²) in [5.41, 5.74) is 3.75. The Balaban J connectivity index is 1.84. The third kappa shape index (κ3) is 2.86. The summed E-state index contributed by atoms with van der Waals surface area (Å²) in [7, 11) is 5.78. The van der Waals surface area contributed by atoms with E-state index in [0.29, 0.717) is 6.54 Å². The summed E-state index contributed by atoms with van der Waals surface area (Å²) < 4.78 is 1.77. The van der Waals surface area contributed by atoms with Gasteiger partial charge in [0.2, 0.25) is 0 Å². The van der Waals surface area contributed by atoms with Crippen LogP contribution in [0.15, 0.2) is 17.1 Å². The fourth-order valence-electron chi connectivity index (χ4n) is 2.22. The highest BCUT2D eigenvalue weighted by molar-refractivity contribution is 7.07. The highest BCUT2D eigenvalue weighted by Crippen LogP contribution is 2.19. The molecule has 0 saturated carbocycles. The van der Waals surface area contributed by atoms with Crippen molar-refractivity contribution in [3.8, 4) is 0 Å². The van der Waals surface area contributed by atoms with Crippen molar-refractivity contribution in [1.29, 1.82) is 0 Å². The average Bonchev–Trinajstić information content (AvgIpc) is 3.09. The van der Waals surface area contributed by atoms with E-state index in [2.05, 4.69) is 35.6 Å². The second-order valence-electron chi connectivity index (χ2n) is 4.90. The van der Waals surface area contributed by atoms with Gasteiger partial charge < -0.3 is 5.32 Å². The molecule has 7 nitrogen and oxygen atoms in total. The second kappa shape index (κ2) is 5.74. The van der Waals surface area contributed by atoms with Gasteiger partial charge in [-0.3, -0.25) is 9.58 Å². The van der Waals surface area contributed by atoms with Gasteiger partial charge in [0.1, 0.15) is 11.6 Å². The van der Waals surface area contributed by atoms with Crippen LogP contribution in [0, 0.1) is 0 Å². The molecule has 3 heterocycles. The summed E-state index contributed by atoms with van der Waals surface area (Å²) in [6, 6.07) is 0.